The Morgan fingerprint density at radius 2 is 1.33 bits per heavy atom. The number of hydrogen-bond donors (Lipinski definition) is 1. The van der Waals surface area contributed by atoms with Gasteiger partial charge in [-0.15, -0.1) is 0 Å². The zero-order valence-electron chi connectivity index (χ0n) is 12.2. The largest absolute Gasteiger partial charge is 0.416 e. The summed E-state index contributed by atoms with van der Waals surface area (Å²) in [4.78, 5) is 0. The predicted molar refractivity (Wildman–Crippen MR) is 80.4 cm³/mol. The maximum Gasteiger partial charge on any atom is 0.416 e. The molecule has 0 aliphatic rings. The first-order chi connectivity index (χ1) is 11.2. The van der Waals surface area contributed by atoms with Crippen molar-refractivity contribution in [2.75, 3.05) is 11.9 Å². The Hall–Kier alpha value is -2.44. The van der Waals surface area contributed by atoms with Gasteiger partial charge >= 0.3 is 12.4 Å². The highest BCUT2D eigenvalue weighted by molar-refractivity contribution is 5.53. The molecule has 0 spiro atoms. The minimum atomic E-state index is -4.85. The first kappa shape index (κ1) is 17.9. The Labute approximate surface area is 134 Å². The second kappa shape index (κ2) is 6.98. The van der Waals surface area contributed by atoms with Crippen LogP contribution in [-0.2, 0) is 12.4 Å². The second-order valence-corrected chi connectivity index (χ2v) is 4.99. The Balaban J connectivity index is 2.16. The third-order valence-electron chi connectivity index (χ3n) is 3.12. The number of hydrogen-bond acceptors (Lipinski definition) is 1. The molecule has 2 aromatic carbocycles. The van der Waals surface area contributed by atoms with Gasteiger partial charge in [-0.25, -0.2) is 0 Å². The van der Waals surface area contributed by atoms with E-state index in [-0.39, 0.29) is 18.3 Å². The molecule has 0 saturated heterocycles. The van der Waals surface area contributed by atoms with Crippen LogP contribution in [0.1, 0.15) is 16.7 Å². The molecule has 128 valence electrons. The number of nitrogens with one attached hydrogen (secondary N) is 1. The summed E-state index contributed by atoms with van der Waals surface area (Å²) in [5.41, 5.74) is -2.05. The summed E-state index contributed by atoms with van der Waals surface area (Å²) in [5.74, 6) is 0. The van der Waals surface area contributed by atoms with Crippen molar-refractivity contribution < 1.29 is 26.3 Å². The molecule has 0 aliphatic heterocycles. The summed E-state index contributed by atoms with van der Waals surface area (Å²) in [7, 11) is 0. The standard InChI is InChI=1S/C17H13F6N/c18-16(19,20)13-9-14(17(21,22)23)11-15(10-13)24-8-4-7-12-5-2-1-3-6-12/h1-7,9-11,24H,8H2. The number of anilines is 1. The van der Waals surface area contributed by atoms with Crippen molar-refractivity contribution >= 4 is 11.8 Å². The van der Waals surface area contributed by atoms with Gasteiger partial charge in [0.1, 0.15) is 0 Å². The van der Waals surface area contributed by atoms with E-state index in [2.05, 4.69) is 5.32 Å². The zero-order chi connectivity index (χ0) is 17.8. The monoisotopic (exact) mass is 345 g/mol. The van der Waals surface area contributed by atoms with Gasteiger partial charge in [-0.05, 0) is 23.8 Å². The summed E-state index contributed by atoms with van der Waals surface area (Å²) in [6.45, 7) is 0.0908. The van der Waals surface area contributed by atoms with Gasteiger partial charge in [0.2, 0.25) is 0 Å². The molecule has 0 saturated carbocycles. The van der Waals surface area contributed by atoms with Crippen molar-refractivity contribution in [3.63, 3.8) is 0 Å². The van der Waals surface area contributed by atoms with E-state index in [0.29, 0.717) is 12.1 Å². The molecule has 1 nitrogen and oxygen atoms in total. The van der Waals surface area contributed by atoms with Crippen LogP contribution in [-0.4, -0.2) is 6.54 Å². The fourth-order valence-corrected chi connectivity index (χ4v) is 1.99. The highest BCUT2D eigenvalue weighted by atomic mass is 19.4. The summed E-state index contributed by atoms with van der Waals surface area (Å²) < 4.78 is 76.4. The van der Waals surface area contributed by atoms with E-state index in [1.807, 2.05) is 30.3 Å². The average Bonchev–Trinajstić information content (AvgIpc) is 2.51. The van der Waals surface area contributed by atoms with E-state index >= 15 is 0 Å². The van der Waals surface area contributed by atoms with E-state index in [0.717, 1.165) is 5.56 Å². The summed E-state index contributed by atoms with van der Waals surface area (Å²) >= 11 is 0. The van der Waals surface area contributed by atoms with Crippen molar-refractivity contribution in [1.29, 1.82) is 0 Å². The van der Waals surface area contributed by atoms with Crippen LogP contribution in [0.3, 0.4) is 0 Å². The van der Waals surface area contributed by atoms with Gasteiger partial charge in [0.05, 0.1) is 11.1 Å². The van der Waals surface area contributed by atoms with Gasteiger partial charge in [-0.3, -0.25) is 0 Å². The minimum absolute atomic E-state index is 0.0908. The Morgan fingerprint density at radius 1 is 0.792 bits per heavy atom. The van der Waals surface area contributed by atoms with E-state index < -0.39 is 23.5 Å². The molecule has 0 aromatic heterocycles. The van der Waals surface area contributed by atoms with Crippen molar-refractivity contribution in [2.45, 2.75) is 12.4 Å². The number of benzene rings is 2. The normalized spacial score (nSPS) is 12.6. The van der Waals surface area contributed by atoms with Crippen LogP contribution < -0.4 is 5.32 Å². The van der Waals surface area contributed by atoms with E-state index in [1.54, 1.807) is 12.2 Å². The lowest BCUT2D eigenvalue weighted by Gasteiger charge is -2.14. The third kappa shape index (κ3) is 5.04. The van der Waals surface area contributed by atoms with E-state index in [4.69, 9.17) is 0 Å². The fraction of sp³-hybridized carbons (Fsp3) is 0.176. The number of rotatable bonds is 4. The Kier molecular flexibility index (Phi) is 5.21. The Bertz CT molecular complexity index is 669. The first-order valence-electron chi connectivity index (χ1n) is 6.91. The predicted octanol–water partition coefficient (Wildman–Crippen LogP) is 5.85. The van der Waals surface area contributed by atoms with Crippen LogP contribution in [0.5, 0.6) is 0 Å². The maximum atomic E-state index is 12.7. The first-order valence-corrected chi connectivity index (χ1v) is 6.91. The molecule has 0 atom stereocenters. The van der Waals surface area contributed by atoms with E-state index in [9.17, 15) is 26.3 Å². The molecule has 0 bridgehead atoms. The molecule has 0 amide bonds. The molecule has 0 unspecified atom stereocenters. The molecule has 0 aliphatic carbocycles. The van der Waals surface area contributed by atoms with Crippen LogP contribution in [0.4, 0.5) is 32.0 Å². The Morgan fingerprint density at radius 3 is 1.83 bits per heavy atom. The molecular formula is C17H13F6N. The van der Waals surface area contributed by atoms with Crippen molar-refractivity contribution in [3.8, 4) is 0 Å². The molecular weight excluding hydrogens is 332 g/mol. The second-order valence-electron chi connectivity index (χ2n) is 4.99. The van der Waals surface area contributed by atoms with Crippen LogP contribution in [0.15, 0.2) is 54.6 Å². The van der Waals surface area contributed by atoms with Gasteiger partial charge in [0, 0.05) is 12.2 Å². The summed E-state index contributed by atoms with van der Waals surface area (Å²) in [5, 5.41) is 2.55. The van der Waals surface area contributed by atoms with Gasteiger partial charge in [-0.2, -0.15) is 26.3 Å². The SMILES string of the molecule is FC(F)(F)c1cc(NCC=Cc2ccccc2)cc(C(F)(F)F)c1. The van der Waals surface area contributed by atoms with Crippen molar-refractivity contribution in [3.05, 3.63) is 71.3 Å². The fourth-order valence-electron chi connectivity index (χ4n) is 1.99. The van der Waals surface area contributed by atoms with Gasteiger partial charge in [0.15, 0.2) is 0 Å². The average molecular weight is 345 g/mol. The maximum absolute atomic E-state index is 12.7. The molecule has 0 radical (unpaired) electrons. The van der Waals surface area contributed by atoms with Crippen LogP contribution >= 0.6 is 0 Å². The summed E-state index contributed by atoms with van der Waals surface area (Å²) in [6, 6.07) is 10.5. The van der Waals surface area contributed by atoms with Gasteiger partial charge in [0.25, 0.3) is 0 Å². The quantitative estimate of drug-likeness (QED) is 0.686. The molecule has 24 heavy (non-hydrogen) atoms. The molecule has 2 rings (SSSR count). The minimum Gasteiger partial charge on any atom is -0.382 e. The molecule has 2 aromatic rings. The smallest absolute Gasteiger partial charge is 0.382 e. The van der Waals surface area contributed by atoms with Crippen LogP contribution in [0.25, 0.3) is 6.08 Å². The van der Waals surface area contributed by atoms with Gasteiger partial charge in [-0.1, -0.05) is 42.5 Å². The lowest BCUT2D eigenvalue weighted by atomic mass is 10.1. The number of alkyl halides is 6. The molecule has 0 fully saturated rings. The van der Waals surface area contributed by atoms with Crippen LogP contribution in [0.2, 0.25) is 0 Å². The lowest BCUT2D eigenvalue weighted by molar-refractivity contribution is -0.143. The van der Waals surface area contributed by atoms with E-state index in [1.165, 1.54) is 0 Å². The molecule has 7 heteroatoms. The van der Waals surface area contributed by atoms with Gasteiger partial charge < -0.3 is 5.32 Å². The zero-order valence-corrected chi connectivity index (χ0v) is 12.2. The highest BCUT2D eigenvalue weighted by Gasteiger charge is 2.36. The van der Waals surface area contributed by atoms with Crippen molar-refractivity contribution in [1.82, 2.24) is 0 Å². The summed E-state index contributed by atoms with van der Waals surface area (Å²) in [6.07, 6.45) is -6.37. The number of halogens is 6. The molecule has 0 heterocycles. The topological polar surface area (TPSA) is 12.0 Å². The lowest BCUT2D eigenvalue weighted by Crippen LogP contribution is -2.12. The molecule has 1 N–H and O–H groups in total. The third-order valence-corrected chi connectivity index (χ3v) is 3.12. The highest BCUT2D eigenvalue weighted by Crippen LogP contribution is 2.37. The van der Waals surface area contributed by atoms with Crippen molar-refractivity contribution in [2.24, 2.45) is 0 Å². The van der Waals surface area contributed by atoms with Crippen LogP contribution in [0, 0.1) is 0 Å².